The number of aryl methyl sites for hydroxylation is 1. The predicted octanol–water partition coefficient (Wildman–Crippen LogP) is 2.17. The topological polar surface area (TPSA) is 46.2 Å². The number of benzene rings is 2. The Bertz CT molecular complexity index is 300. The summed E-state index contributed by atoms with van der Waals surface area (Å²) < 4.78 is 0. The molecule has 0 aliphatic carbocycles. The van der Waals surface area contributed by atoms with Gasteiger partial charge in [-0.05, 0) is 0 Å². The maximum atomic E-state index is 7.35. The summed E-state index contributed by atoms with van der Waals surface area (Å²) in [5.41, 5.74) is 5.69. The molecule has 0 unspecified atom stereocenters. The number of hydrogen-bond acceptors (Lipinski definition) is 2. The van der Waals surface area contributed by atoms with Crippen molar-refractivity contribution in [2.75, 3.05) is 6.73 Å². The summed E-state index contributed by atoms with van der Waals surface area (Å²) in [7, 11) is 0. The SMILES string of the molecule is Cc1cc[c-]cc1.NCO.[Y].[c-]1ccccc1. The first-order valence-corrected chi connectivity index (χ1v) is 4.96. The Hall–Kier alpha value is -0.536. The van der Waals surface area contributed by atoms with Crippen LogP contribution in [0.25, 0.3) is 0 Å². The van der Waals surface area contributed by atoms with Crippen molar-refractivity contribution < 1.29 is 37.8 Å². The van der Waals surface area contributed by atoms with Crippen molar-refractivity contribution >= 4 is 0 Å². The Morgan fingerprint density at radius 3 is 1.59 bits per heavy atom. The Kier molecular flexibility index (Phi) is 17.1. The van der Waals surface area contributed by atoms with Crippen molar-refractivity contribution in [2.45, 2.75) is 6.92 Å². The van der Waals surface area contributed by atoms with E-state index in [1.54, 1.807) is 0 Å². The minimum Gasteiger partial charge on any atom is -0.382 e. The molecule has 2 nitrogen and oxygen atoms in total. The number of nitrogens with two attached hydrogens (primary N) is 1. The van der Waals surface area contributed by atoms with E-state index in [1.807, 2.05) is 54.6 Å². The van der Waals surface area contributed by atoms with Gasteiger partial charge in [-0.25, -0.2) is 0 Å². The average Bonchev–Trinajstić information content (AvgIpc) is 2.34. The molecule has 2 aromatic rings. The molecule has 0 saturated heterocycles. The molecule has 0 heterocycles. The molecule has 89 valence electrons. The normalized spacial score (nSPS) is 7.47. The molecule has 0 aromatic heterocycles. The summed E-state index contributed by atoms with van der Waals surface area (Å²) in [4.78, 5) is 0. The second-order valence-electron chi connectivity index (χ2n) is 2.84. The van der Waals surface area contributed by atoms with E-state index < -0.39 is 0 Å². The molecular formula is C14H17NOY-2. The molecule has 17 heavy (non-hydrogen) atoms. The van der Waals surface area contributed by atoms with Crippen molar-refractivity contribution in [3.8, 4) is 0 Å². The number of aliphatic hydroxyl groups is 1. The Labute approximate surface area is 129 Å². The third-order valence-corrected chi connectivity index (χ3v) is 1.49. The first-order valence-electron chi connectivity index (χ1n) is 4.96. The van der Waals surface area contributed by atoms with Gasteiger partial charge in [0, 0.05) is 32.7 Å². The van der Waals surface area contributed by atoms with Crippen LogP contribution in [-0.4, -0.2) is 11.8 Å². The first kappa shape index (κ1) is 18.8. The molecule has 0 saturated carbocycles. The largest absolute Gasteiger partial charge is 0.382 e. The molecule has 0 bridgehead atoms. The molecular weight excluding hydrogens is 287 g/mol. The minimum atomic E-state index is -0.250. The molecule has 3 heteroatoms. The van der Waals surface area contributed by atoms with Crippen LogP contribution in [0.15, 0.2) is 54.6 Å². The second kappa shape index (κ2) is 15.5. The monoisotopic (exact) mass is 304 g/mol. The summed E-state index contributed by atoms with van der Waals surface area (Å²) in [6.07, 6.45) is 0. The third kappa shape index (κ3) is 15.5. The van der Waals surface area contributed by atoms with Gasteiger partial charge in [0.05, 0.1) is 6.73 Å². The Morgan fingerprint density at radius 2 is 1.41 bits per heavy atom. The summed E-state index contributed by atoms with van der Waals surface area (Å²) in [6, 6.07) is 23.3. The van der Waals surface area contributed by atoms with Gasteiger partial charge >= 0.3 is 0 Å². The Balaban J connectivity index is 0. The van der Waals surface area contributed by atoms with Crippen molar-refractivity contribution in [1.29, 1.82) is 0 Å². The van der Waals surface area contributed by atoms with E-state index >= 15 is 0 Å². The summed E-state index contributed by atoms with van der Waals surface area (Å²) in [6.45, 7) is 1.81. The van der Waals surface area contributed by atoms with Crippen LogP contribution >= 0.6 is 0 Å². The van der Waals surface area contributed by atoms with Crippen LogP contribution in [0.1, 0.15) is 5.56 Å². The Morgan fingerprint density at radius 1 is 1.00 bits per heavy atom. The number of rotatable bonds is 0. The first-order chi connectivity index (χ1) is 7.81. The molecule has 3 N–H and O–H groups in total. The maximum Gasteiger partial charge on any atom is 0.0906 e. The molecule has 0 aliphatic rings. The molecule has 2 rings (SSSR count). The van der Waals surface area contributed by atoms with E-state index in [0.717, 1.165) is 0 Å². The second-order valence-corrected chi connectivity index (χ2v) is 2.84. The summed E-state index contributed by atoms with van der Waals surface area (Å²) in [5, 5.41) is 7.35. The van der Waals surface area contributed by atoms with Crippen molar-refractivity contribution in [2.24, 2.45) is 5.73 Å². The van der Waals surface area contributed by atoms with Crippen LogP contribution in [0.2, 0.25) is 0 Å². The van der Waals surface area contributed by atoms with E-state index in [2.05, 4.69) is 24.8 Å². The van der Waals surface area contributed by atoms with Gasteiger partial charge in [0.1, 0.15) is 0 Å². The zero-order valence-corrected chi connectivity index (χ0v) is 12.8. The molecule has 0 fully saturated rings. The summed E-state index contributed by atoms with van der Waals surface area (Å²) >= 11 is 0. The zero-order chi connectivity index (χ0) is 12.1. The van der Waals surface area contributed by atoms with Crippen molar-refractivity contribution in [3.63, 3.8) is 0 Å². The third-order valence-electron chi connectivity index (χ3n) is 1.49. The van der Waals surface area contributed by atoms with Gasteiger partial charge in [-0.3, -0.25) is 0 Å². The van der Waals surface area contributed by atoms with Crippen molar-refractivity contribution in [1.82, 2.24) is 0 Å². The van der Waals surface area contributed by atoms with Crippen molar-refractivity contribution in [3.05, 3.63) is 72.3 Å². The van der Waals surface area contributed by atoms with Gasteiger partial charge in [-0.2, -0.15) is 72.3 Å². The zero-order valence-electron chi connectivity index (χ0n) is 10.0. The van der Waals surface area contributed by atoms with Crippen LogP contribution in [-0.2, 0) is 32.7 Å². The van der Waals surface area contributed by atoms with E-state index in [9.17, 15) is 0 Å². The molecule has 0 spiro atoms. The van der Waals surface area contributed by atoms with Gasteiger partial charge in [0.15, 0.2) is 0 Å². The van der Waals surface area contributed by atoms with Crippen LogP contribution in [0, 0.1) is 19.1 Å². The van der Waals surface area contributed by atoms with Gasteiger partial charge in [0.2, 0.25) is 0 Å². The van der Waals surface area contributed by atoms with E-state index in [-0.39, 0.29) is 39.4 Å². The van der Waals surface area contributed by atoms with Crippen LogP contribution < -0.4 is 5.73 Å². The van der Waals surface area contributed by atoms with E-state index in [1.165, 1.54) is 5.56 Å². The van der Waals surface area contributed by atoms with E-state index in [0.29, 0.717) is 0 Å². The van der Waals surface area contributed by atoms with Gasteiger partial charge in [-0.15, -0.1) is 0 Å². The van der Waals surface area contributed by atoms with Crippen LogP contribution in [0.4, 0.5) is 0 Å². The fraction of sp³-hybridized carbons (Fsp3) is 0.143. The molecule has 0 aliphatic heterocycles. The fourth-order valence-electron chi connectivity index (χ4n) is 0.812. The van der Waals surface area contributed by atoms with E-state index in [4.69, 9.17) is 5.11 Å². The average molecular weight is 304 g/mol. The summed E-state index contributed by atoms with van der Waals surface area (Å²) in [5.74, 6) is 0. The molecule has 0 atom stereocenters. The molecule has 2 aromatic carbocycles. The van der Waals surface area contributed by atoms with Gasteiger partial charge in [-0.1, -0.05) is 6.92 Å². The van der Waals surface area contributed by atoms with Crippen LogP contribution in [0.5, 0.6) is 0 Å². The van der Waals surface area contributed by atoms with Crippen LogP contribution in [0.3, 0.4) is 0 Å². The number of aliphatic hydroxyl groups excluding tert-OH is 1. The minimum absolute atomic E-state index is 0. The van der Waals surface area contributed by atoms with Gasteiger partial charge < -0.3 is 10.8 Å². The molecule has 1 radical (unpaired) electrons. The van der Waals surface area contributed by atoms with Gasteiger partial charge in [0.25, 0.3) is 0 Å². The molecule has 0 amide bonds. The maximum absolute atomic E-state index is 7.35. The smallest absolute Gasteiger partial charge is 0.0906 e. The predicted molar refractivity (Wildman–Crippen MR) is 66.6 cm³/mol. The standard InChI is InChI=1S/C7H7.C6H5.CH5NO.Y/c1-7-5-3-2-4-6-7;1-2-4-6-5-3-1;2-1-3;/h3-6H,1H3;1-5H;3H,1-2H2;/q2*-1;;. The quantitative estimate of drug-likeness (QED) is 0.579. The fourth-order valence-corrected chi connectivity index (χ4v) is 0.812. The number of hydrogen-bond donors (Lipinski definition) is 2.